The van der Waals surface area contributed by atoms with Gasteiger partial charge in [0.15, 0.2) is 0 Å². The maximum atomic E-state index is 12.0. The summed E-state index contributed by atoms with van der Waals surface area (Å²) in [6.07, 6.45) is 0.0894. The Morgan fingerprint density at radius 3 is 2.58 bits per heavy atom. The number of carbonyl (C=O) groups excluding carboxylic acids is 1. The average Bonchev–Trinajstić information content (AvgIpc) is 2.71. The molecule has 24 heavy (non-hydrogen) atoms. The van der Waals surface area contributed by atoms with Crippen LogP contribution in [0.25, 0.3) is 0 Å². The van der Waals surface area contributed by atoms with Crippen molar-refractivity contribution in [3.63, 3.8) is 0 Å². The van der Waals surface area contributed by atoms with E-state index in [0.717, 1.165) is 22.4 Å². The zero-order valence-electron chi connectivity index (χ0n) is 14.8. The molecule has 1 aliphatic heterocycles. The Bertz CT molecular complexity index is 652. The molecule has 0 fully saturated rings. The lowest BCUT2D eigenvalue weighted by Gasteiger charge is -2.28. The summed E-state index contributed by atoms with van der Waals surface area (Å²) < 4.78 is 5.28. The molecule has 1 amide bonds. The van der Waals surface area contributed by atoms with Crippen LogP contribution in [-0.2, 0) is 22.5 Å². The number of aryl methyl sites for hydroxylation is 2. The van der Waals surface area contributed by atoms with Gasteiger partial charge >= 0.3 is 12.1 Å². The monoisotopic (exact) mass is 335 g/mol. The predicted molar refractivity (Wildman–Crippen MR) is 90.5 cm³/mol. The molecule has 1 aromatic rings. The Morgan fingerprint density at radius 1 is 1.33 bits per heavy atom. The third-order valence-corrected chi connectivity index (χ3v) is 3.69. The molecule has 1 heterocycles. The molecule has 2 N–H and O–H groups in total. The minimum atomic E-state index is -0.807. The van der Waals surface area contributed by atoms with Crippen LogP contribution in [0.1, 0.15) is 43.9 Å². The van der Waals surface area contributed by atoms with E-state index >= 15 is 0 Å². The van der Waals surface area contributed by atoms with Crippen LogP contribution in [0.4, 0.5) is 10.5 Å². The number of hydrogen-bond acceptors (Lipinski definition) is 5. The number of amides is 1. The van der Waals surface area contributed by atoms with E-state index in [1.165, 1.54) is 0 Å². The van der Waals surface area contributed by atoms with E-state index in [-0.39, 0.29) is 6.42 Å². The normalized spacial score (nSPS) is 14.5. The lowest BCUT2D eigenvalue weighted by molar-refractivity contribution is -0.136. The lowest BCUT2D eigenvalue weighted by atomic mass is 10.0. The number of aliphatic carboxylic acids is 1. The van der Waals surface area contributed by atoms with E-state index in [9.17, 15) is 9.59 Å². The second-order valence-electron chi connectivity index (χ2n) is 7.01. The molecular formula is C17H25N3O4. The number of ether oxygens (including phenoxy) is 1. The minimum Gasteiger partial charge on any atom is -0.481 e. The van der Waals surface area contributed by atoms with Crippen LogP contribution < -0.4 is 10.4 Å². The molecule has 0 aliphatic carbocycles. The van der Waals surface area contributed by atoms with Crippen molar-refractivity contribution >= 4 is 17.7 Å². The van der Waals surface area contributed by atoms with Crippen molar-refractivity contribution in [1.29, 1.82) is 0 Å². The first-order valence-electron chi connectivity index (χ1n) is 7.92. The fraction of sp³-hybridized carbons (Fsp3) is 0.529. The van der Waals surface area contributed by atoms with Crippen LogP contribution in [0.5, 0.6) is 0 Å². The SMILES string of the molecule is Cc1cc(CCC(=O)O)cc2c1N(C)N(NC(=O)OC(C)(C)C)C2. The van der Waals surface area contributed by atoms with Crippen molar-refractivity contribution in [1.82, 2.24) is 10.5 Å². The van der Waals surface area contributed by atoms with Gasteiger partial charge in [-0.15, -0.1) is 5.12 Å². The maximum absolute atomic E-state index is 12.0. The fourth-order valence-electron chi connectivity index (χ4n) is 2.82. The van der Waals surface area contributed by atoms with Gasteiger partial charge < -0.3 is 9.84 Å². The number of benzene rings is 1. The molecule has 7 heteroatoms. The maximum Gasteiger partial charge on any atom is 0.423 e. The highest BCUT2D eigenvalue weighted by Crippen LogP contribution is 2.33. The standard InChI is InChI=1S/C17H25N3O4/c1-11-8-12(6-7-14(21)22)9-13-10-20(19(5)15(11)13)18-16(23)24-17(2,3)4/h8-9H,6-7,10H2,1-5H3,(H,18,23)(H,21,22). The third-order valence-electron chi connectivity index (χ3n) is 3.69. The van der Waals surface area contributed by atoms with E-state index in [1.54, 1.807) is 5.12 Å². The van der Waals surface area contributed by atoms with Crippen LogP contribution in [0.2, 0.25) is 0 Å². The van der Waals surface area contributed by atoms with Crippen LogP contribution >= 0.6 is 0 Å². The molecule has 0 saturated carbocycles. The molecule has 0 aromatic heterocycles. The molecule has 1 aromatic carbocycles. The number of nitrogens with zero attached hydrogens (tertiary/aromatic N) is 2. The molecule has 2 rings (SSSR count). The van der Waals surface area contributed by atoms with Gasteiger partial charge in [0.2, 0.25) is 0 Å². The van der Waals surface area contributed by atoms with Crippen LogP contribution in [-0.4, -0.2) is 34.9 Å². The number of carbonyl (C=O) groups is 2. The van der Waals surface area contributed by atoms with E-state index in [4.69, 9.17) is 9.84 Å². The average molecular weight is 335 g/mol. The molecule has 0 bridgehead atoms. The van der Waals surface area contributed by atoms with Gasteiger partial charge in [-0.1, -0.05) is 12.1 Å². The predicted octanol–water partition coefficient (Wildman–Crippen LogP) is 2.62. The van der Waals surface area contributed by atoms with Gasteiger partial charge in [-0.25, -0.2) is 10.2 Å². The van der Waals surface area contributed by atoms with Gasteiger partial charge in [-0.2, -0.15) is 0 Å². The summed E-state index contributed by atoms with van der Waals surface area (Å²) in [4.78, 5) is 22.7. The van der Waals surface area contributed by atoms with Gasteiger partial charge in [-0.3, -0.25) is 9.80 Å². The second-order valence-corrected chi connectivity index (χ2v) is 7.01. The molecule has 0 radical (unpaired) electrons. The van der Waals surface area contributed by atoms with E-state index in [0.29, 0.717) is 13.0 Å². The number of hydrogen-bond donors (Lipinski definition) is 2. The number of rotatable bonds is 4. The summed E-state index contributed by atoms with van der Waals surface area (Å²) in [6.45, 7) is 7.93. The first kappa shape index (κ1) is 18.1. The largest absolute Gasteiger partial charge is 0.481 e. The van der Waals surface area contributed by atoms with Crippen LogP contribution in [0.3, 0.4) is 0 Å². The van der Waals surface area contributed by atoms with Crippen molar-refractivity contribution < 1.29 is 19.4 Å². The lowest BCUT2D eigenvalue weighted by Crippen LogP contribution is -2.49. The summed E-state index contributed by atoms with van der Waals surface area (Å²) in [5, 5.41) is 12.4. The summed E-state index contributed by atoms with van der Waals surface area (Å²) in [6, 6.07) is 3.99. The zero-order valence-corrected chi connectivity index (χ0v) is 14.8. The van der Waals surface area contributed by atoms with Crippen molar-refractivity contribution in [2.45, 2.75) is 52.7 Å². The molecule has 0 saturated heterocycles. The highest BCUT2D eigenvalue weighted by molar-refractivity contribution is 5.69. The quantitative estimate of drug-likeness (QED) is 0.880. The van der Waals surface area contributed by atoms with Gasteiger partial charge in [0.25, 0.3) is 0 Å². The van der Waals surface area contributed by atoms with Gasteiger partial charge in [0.05, 0.1) is 12.2 Å². The molecular weight excluding hydrogens is 310 g/mol. The minimum absolute atomic E-state index is 0.105. The van der Waals surface area contributed by atoms with E-state index in [2.05, 4.69) is 5.43 Å². The van der Waals surface area contributed by atoms with Crippen LogP contribution in [0, 0.1) is 6.92 Å². The summed E-state index contributed by atoms with van der Waals surface area (Å²) in [5.41, 5.74) is 6.27. The Kier molecular flexibility index (Phi) is 5.03. The molecule has 7 nitrogen and oxygen atoms in total. The number of carboxylic acids is 1. The smallest absolute Gasteiger partial charge is 0.423 e. The summed E-state index contributed by atoms with van der Waals surface area (Å²) >= 11 is 0. The van der Waals surface area contributed by atoms with E-state index in [1.807, 2.05) is 51.9 Å². The number of fused-ring (bicyclic) bond motifs is 1. The van der Waals surface area contributed by atoms with Crippen molar-refractivity contribution in [2.75, 3.05) is 12.1 Å². The Balaban J connectivity index is 2.11. The van der Waals surface area contributed by atoms with E-state index < -0.39 is 17.7 Å². The van der Waals surface area contributed by atoms with Gasteiger partial charge in [-0.05, 0) is 50.8 Å². The number of carboxylic acid groups (broad SMARTS) is 1. The first-order valence-corrected chi connectivity index (χ1v) is 7.92. The summed E-state index contributed by atoms with van der Waals surface area (Å²) in [5.74, 6) is -0.807. The van der Waals surface area contributed by atoms with Crippen molar-refractivity contribution in [2.24, 2.45) is 0 Å². The third kappa shape index (κ3) is 4.38. The Hall–Kier alpha value is -2.28. The molecule has 0 unspecified atom stereocenters. The highest BCUT2D eigenvalue weighted by atomic mass is 16.6. The fourth-order valence-corrected chi connectivity index (χ4v) is 2.82. The Labute approximate surface area is 142 Å². The van der Waals surface area contributed by atoms with Crippen molar-refractivity contribution in [3.8, 4) is 0 Å². The number of anilines is 1. The number of hydrazine groups is 2. The topological polar surface area (TPSA) is 82.1 Å². The second kappa shape index (κ2) is 6.68. The molecule has 1 aliphatic rings. The number of nitrogens with one attached hydrogen (secondary N) is 1. The molecule has 132 valence electrons. The first-order chi connectivity index (χ1) is 11.1. The van der Waals surface area contributed by atoms with Crippen LogP contribution in [0.15, 0.2) is 12.1 Å². The van der Waals surface area contributed by atoms with Crippen molar-refractivity contribution in [3.05, 3.63) is 28.8 Å². The Morgan fingerprint density at radius 2 is 2.00 bits per heavy atom. The molecule has 0 atom stereocenters. The van der Waals surface area contributed by atoms with Gasteiger partial charge in [0.1, 0.15) is 5.60 Å². The zero-order chi connectivity index (χ0) is 18.1. The van der Waals surface area contributed by atoms with Gasteiger partial charge in [0, 0.05) is 13.5 Å². The molecule has 0 spiro atoms. The highest BCUT2D eigenvalue weighted by Gasteiger charge is 2.29. The summed E-state index contributed by atoms with van der Waals surface area (Å²) in [7, 11) is 1.87.